The van der Waals surface area contributed by atoms with Gasteiger partial charge < -0.3 is 13.7 Å². The molecule has 0 fully saturated rings. The lowest BCUT2D eigenvalue weighted by Gasteiger charge is -2.09. The van der Waals surface area contributed by atoms with E-state index in [2.05, 4.69) is 15.1 Å². The first kappa shape index (κ1) is 20.9. The van der Waals surface area contributed by atoms with Gasteiger partial charge in [-0.15, -0.1) is 0 Å². The fraction of sp³-hybridized carbons (Fsp3) is 0.250. The molecule has 3 heterocycles. The minimum Gasteiger partial charge on any atom is -0.453 e. The Labute approximate surface area is 179 Å². The molecule has 4 rings (SSSR count). The summed E-state index contributed by atoms with van der Waals surface area (Å²) in [6, 6.07) is 7.43. The van der Waals surface area contributed by atoms with Crippen molar-refractivity contribution in [2.24, 2.45) is 0 Å². The minimum absolute atomic E-state index is 0.0278. The molecule has 0 radical (unpaired) electrons. The zero-order valence-corrected chi connectivity index (χ0v) is 16.8. The molecule has 12 heteroatoms. The summed E-state index contributed by atoms with van der Waals surface area (Å²) in [6.45, 7) is 1.79. The van der Waals surface area contributed by atoms with Gasteiger partial charge in [0.1, 0.15) is 0 Å². The van der Waals surface area contributed by atoms with Gasteiger partial charge in [0.05, 0.1) is 16.5 Å². The van der Waals surface area contributed by atoms with Crippen LogP contribution in [0.3, 0.4) is 0 Å². The first-order valence-corrected chi connectivity index (χ1v) is 9.63. The summed E-state index contributed by atoms with van der Waals surface area (Å²) in [5.41, 5.74) is 1.02. The molecule has 3 aromatic heterocycles. The molecule has 0 saturated heterocycles. The second kappa shape index (κ2) is 8.79. The van der Waals surface area contributed by atoms with Gasteiger partial charge in [-0.05, 0) is 31.5 Å². The van der Waals surface area contributed by atoms with Crippen molar-refractivity contribution in [2.75, 3.05) is 0 Å². The lowest BCUT2D eigenvalue weighted by Crippen LogP contribution is -2.16. The number of hydrogen-bond donors (Lipinski definition) is 0. The maximum atomic E-state index is 12.2. The maximum Gasteiger partial charge on any atom is 0.419 e. The van der Waals surface area contributed by atoms with E-state index in [1.54, 1.807) is 31.5 Å². The number of aryl methyl sites for hydroxylation is 1. The Balaban J connectivity index is 1.34. The molecule has 0 aliphatic heterocycles. The van der Waals surface area contributed by atoms with Gasteiger partial charge in [0.15, 0.2) is 11.7 Å². The largest absolute Gasteiger partial charge is 0.453 e. The van der Waals surface area contributed by atoms with Gasteiger partial charge in [-0.2, -0.15) is 4.98 Å². The van der Waals surface area contributed by atoms with Gasteiger partial charge in [0.2, 0.25) is 5.82 Å². The summed E-state index contributed by atoms with van der Waals surface area (Å²) >= 11 is 0. The maximum absolute atomic E-state index is 12.2. The standard InChI is InChI=1S/C20H17N5O7/c1-12(19-22-18(23-32-19)13-4-2-8-21-11-13)30-17(26)5-3-9-24-15-7-6-14(25(28)29)10-16(15)31-20(24)27/h2,4,6-8,10-12H,3,5,9H2,1H3. The van der Waals surface area contributed by atoms with Crippen LogP contribution in [-0.4, -0.2) is 30.6 Å². The number of fused-ring (bicyclic) bond motifs is 1. The number of pyridine rings is 1. The van der Waals surface area contributed by atoms with E-state index in [0.717, 1.165) is 0 Å². The predicted octanol–water partition coefficient (Wildman–Crippen LogP) is 3.03. The van der Waals surface area contributed by atoms with Crippen molar-refractivity contribution in [3.63, 3.8) is 0 Å². The average molecular weight is 439 g/mol. The van der Waals surface area contributed by atoms with Crippen LogP contribution in [0.25, 0.3) is 22.5 Å². The summed E-state index contributed by atoms with van der Waals surface area (Å²) in [4.78, 5) is 42.7. The van der Waals surface area contributed by atoms with E-state index in [0.29, 0.717) is 23.3 Å². The number of nitro benzene ring substituents is 1. The number of aromatic nitrogens is 4. The van der Waals surface area contributed by atoms with Gasteiger partial charge in [0, 0.05) is 37.0 Å². The number of ether oxygens (including phenoxy) is 1. The van der Waals surface area contributed by atoms with Crippen LogP contribution in [0, 0.1) is 10.1 Å². The van der Waals surface area contributed by atoms with Crippen LogP contribution in [0.2, 0.25) is 0 Å². The highest BCUT2D eigenvalue weighted by Gasteiger charge is 2.20. The lowest BCUT2D eigenvalue weighted by atomic mass is 10.2. The fourth-order valence-corrected chi connectivity index (χ4v) is 3.08. The van der Waals surface area contributed by atoms with E-state index < -0.39 is 22.8 Å². The van der Waals surface area contributed by atoms with Crippen molar-refractivity contribution in [3.05, 3.63) is 69.3 Å². The molecular formula is C20H17N5O7. The van der Waals surface area contributed by atoms with Crippen LogP contribution in [-0.2, 0) is 16.1 Å². The van der Waals surface area contributed by atoms with E-state index in [4.69, 9.17) is 13.7 Å². The molecule has 12 nitrogen and oxygen atoms in total. The number of hydrogen-bond acceptors (Lipinski definition) is 10. The number of rotatable bonds is 8. The highest BCUT2D eigenvalue weighted by molar-refractivity contribution is 5.75. The number of nitro groups is 1. The molecule has 0 spiro atoms. The molecule has 0 amide bonds. The topological polar surface area (TPSA) is 156 Å². The average Bonchev–Trinajstić information content (AvgIpc) is 3.39. The number of non-ortho nitro benzene ring substituents is 1. The van der Waals surface area contributed by atoms with Crippen molar-refractivity contribution in [2.45, 2.75) is 32.4 Å². The number of carbonyl (C=O) groups excluding carboxylic acids is 1. The number of nitrogens with zero attached hydrogens (tertiary/aromatic N) is 5. The Morgan fingerprint density at radius 3 is 2.94 bits per heavy atom. The quantitative estimate of drug-likeness (QED) is 0.227. The molecule has 0 aliphatic rings. The molecule has 1 unspecified atom stereocenters. The van der Waals surface area contributed by atoms with Gasteiger partial charge in [-0.25, -0.2) is 4.79 Å². The van der Waals surface area contributed by atoms with E-state index >= 15 is 0 Å². The van der Waals surface area contributed by atoms with E-state index in [1.807, 2.05) is 0 Å². The SMILES string of the molecule is CC(OC(=O)CCCn1c(=O)oc2cc([N+](=O)[O-])ccc21)c1nc(-c2cccnc2)no1. The first-order chi connectivity index (χ1) is 15.4. The molecule has 0 aliphatic carbocycles. The van der Waals surface area contributed by atoms with Crippen LogP contribution in [0.5, 0.6) is 0 Å². The van der Waals surface area contributed by atoms with Crippen molar-refractivity contribution in [1.82, 2.24) is 19.7 Å². The van der Waals surface area contributed by atoms with Crippen LogP contribution < -0.4 is 5.76 Å². The zero-order valence-electron chi connectivity index (χ0n) is 16.8. The second-order valence-corrected chi connectivity index (χ2v) is 6.86. The Hall–Kier alpha value is -4.35. The van der Waals surface area contributed by atoms with Crippen LogP contribution >= 0.6 is 0 Å². The van der Waals surface area contributed by atoms with Gasteiger partial charge in [-0.1, -0.05) is 5.16 Å². The summed E-state index contributed by atoms with van der Waals surface area (Å²) in [5, 5.41) is 14.7. The normalized spacial score (nSPS) is 12.0. The van der Waals surface area contributed by atoms with Crippen LogP contribution in [0.1, 0.15) is 31.8 Å². The summed E-state index contributed by atoms with van der Waals surface area (Å²) in [6.07, 6.45) is 2.78. The van der Waals surface area contributed by atoms with E-state index in [-0.39, 0.29) is 30.1 Å². The Kier molecular flexibility index (Phi) is 5.75. The summed E-state index contributed by atoms with van der Waals surface area (Å²) < 4.78 is 16.9. The first-order valence-electron chi connectivity index (χ1n) is 9.63. The van der Waals surface area contributed by atoms with Gasteiger partial charge >= 0.3 is 11.7 Å². The Morgan fingerprint density at radius 2 is 2.19 bits per heavy atom. The third-order valence-corrected chi connectivity index (χ3v) is 4.64. The zero-order chi connectivity index (χ0) is 22.7. The Morgan fingerprint density at radius 1 is 1.34 bits per heavy atom. The minimum atomic E-state index is -0.751. The molecule has 4 aromatic rings. The van der Waals surface area contributed by atoms with Crippen molar-refractivity contribution in [3.8, 4) is 11.4 Å². The summed E-state index contributed by atoms with van der Waals surface area (Å²) in [7, 11) is 0. The van der Waals surface area contributed by atoms with Gasteiger partial charge in [0.25, 0.3) is 11.6 Å². The Bertz CT molecular complexity index is 1330. The fourth-order valence-electron chi connectivity index (χ4n) is 3.08. The molecule has 32 heavy (non-hydrogen) atoms. The molecule has 0 saturated carbocycles. The molecule has 164 valence electrons. The monoisotopic (exact) mass is 439 g/mol. The van der Waals surface area contributed by atoms with E-state index in [9.17, 15) is 19.7 Å². The van der Waals surface area contributed by atoms with Crippen molar-refractivity contribution < 1.29 is 23.4 Å². The van der Waals surface area contributed by atoms with E-state index in [1.165, 1.54) is 22.8 Å². The van der Waals surface area contributed by atoms with Crippen molar-refractivity contribution >= 4 is 22.8 Å². The third-order valence-electron chi connectivity index (χ3n) is 4.64. The molecule has 1 aromatic carbocycles. The lowest BCUT2D eigenvalue weighted by molar-refractivity contribution is -0.384. The number of oxazole rings is 1. The highest BCUT2D eigenvalue weighted by atomic mass is 16.6. The van der Waals surface area contributed by atoms with Crippen LogP contribution in [0.15, 0.2) is 56.5 Å². The predicted molar refractivity (Wildman–Crippen MR) is 108 cm³/mol. The molecule has 0 N–H and O–H groups in total. The highest BCUT2D eigenvalue weighted by Crippen LogP contribution is 2.22. The number of carbonyl (C=O) groups is 1. The van der Waals surface area contributed by atoms with Gasteiger partial charge in [-0.3, -0.25) is 24.5 Å². The number of benzene rings is 1. The summed E-state index contributed by atoms with van der Waals surface area (Å²) in [5.74, 6) is -0.676. The molecule has 1 atom stereocenters. The van der Waals surface area contributed by atoms with Crippen molar-refractivity contribution in [1.29, 1.82) is 0 Å². The molecule has 0 bridgehead atoms. The third kappa shape index (κ3) is 4.38. The molecular weight excluding hydrogens is 422 g/mol. The number of esters is 1. The smallest absolute Gasteiger partial charge is 0.419 e. The van der Waals surface area contributed by atoms with Crippen LogP contribution in [0.4, 0.5) is 5.69 Å². The second-order valence-electron chi connectivity index (χ2n) is 6.86.